The third-order valence-corrected chi connectivity index (χ3v) is 3.82. The van der Waals surface area contributed by atoms with Crippen molar-refractivity contribution in [3.05, 3.63) is 40.7 Å². The van der Waals surface area contributed by atoms with Crippen molar-refractivity contribution in [1.82, 2.24) is 15.5 Å². The van der Waals surface area contributed by atoms with E-state index in [-0.39, 0.29) is 17.1 Å². The first kappa shape index (κ1) is 18.8. The Balaban J connectivity index is 1.88. The summed E-state index contributed by atoms with van der Waals surface area (Å²) in [5.41, 5.74) is 0.761. The van der Waals surface area contributed by atoms with Crippen LogP contribution >= 0.6 is 11.3 Å². The Morgan fingerprint density at radius 1 is 1.28 bits per heavy atom. The van der Waals surface area contributed by atoms with E-state index in [9.17, 15) is 14.0 Å². The predicted molar refractivity (Wildman–Crippen MR) is 92.0 cm³/mol. The molecule has 0 unspecified atom stereocenters. The maximum atomic E-state index is 13.2. The zero-order valence-electron chi connectivity index (χ0n) is 14.1. The highest BCUT2D eigenvalue weighted by Gasteiger charge is 2.19. The summed E-state index contributed by atoms with van der Waals surface area (Å²) in [4.78, 5) is 23.5. The standard InChI is InChI=1S/C16H19FN4O3S/c1-9(2)24-14(22)10(3)18-15(23)19-16-21-20-13(25-16)8-11-5-4-6-12(17)7-11/h4-7,9-10H,8H2,1-3H3,(H2,18,19,21,23)/t10-/m1/s1. The van der Waals surface area contributed by atoms with Crippen molar-refractivity contribution in [3.63, 3.8) is 0 Å². The van der Waals surface area contributed by atoms with E-state index >= 15 is 0 Å². The van der Waals surface area contributed by atoms with Crippen molar-refractivity contribution < 1.29 is 18.7 Å². The van der Waals surface area contributed by atoms with Crippen LogP contribution in [-0.2, 0) is 16.0 Å². The van der Waals surface area contributed by atoms with E-state index in [4.69, 9.17) is 4.74 Å². The number of benzene rings is 1. The number of rotatable bonds is 6. The van der Waals surface area contributed by atoms with Crippen molar-refractivity contribution in [2.45, 2.75) is 39.3 Å². The molecule has 0 spiro atoms. The molecule has 1 aromatic carbocycles. The summed E-state index contributed by atoms with van der Waals surface area (Å²) in [6.45, 7) is 4.98. The molecule has 2 N–H and O–H groups in total. The Kier molecular flexibility index (Phi) is 6.40. The smallest absolute Gasteiger partial charge is 0.328 e. The van der Waals surface area contributed by atoms with E-state index in [1.165, 1.54) is 30.4 Å². The molecule has 2 aromatic rings. The summed E-state index contributed by atoms with van der Waals surface area (Å²) >= 11 is 1.18. The number of halogens is 1. The molecule has 2 amide bonds. The monoisotopic (exact) mass is 366 g/mol. The summed E-state index contributed by atoms with van der Waals surface area (Å²) in [6, 6.07) is 4.82. The summed E-state index contributed by atoms with van der Waals surface area (Å²) in [5.74, 6) is -0.837. The number of carbonyl (C=O) groups is 2. The molecule has 0 saturated carbocycles. The second kappa shape index (κ2) is 8.52. The third-order valence-electron chi connectivity index (χ3n) is 2.98. The zero-order valence-corrected chi connectivity index (χ0v) is 14.9. The molecular weight excluding hydrogens is 347 g/mol. The number of urea groups is 1. The molecule has 9 heteroatoms. The van der Waals surface area contributed by atoms with Gasteiger partial charge in [0, 0.05) is 6.42 Å². The van der Waals surface area contributed by atoms with Crippen LogP contribution < -0.4 is 10.6 Å². The molecule has 25 heavy (non-hydrogen) atoms. The van der Waals surface area contributed by atoms with Gasteiger partial charge in [-0.05, 0) is 38.5 Å². The van der Waals surface area contributed by atoms with E-state index in [0.717, 1.165) is 5.56 Å². The average molecular weight is 366 g/mol. The van der Waals surface area contributed by atoms with Crippen LogP contribution in [0.2, 0.25) is 0 Å². The minimum atomic E-state index is -0.790. The van der Waals surface area contributed by atoms with Gasteiger partial charge in [0.05, 0.1) is 6.10 Å². The fraction of sp³-hybridized carbons (Fsp3) is 0.375. The number of esters is 1. The topological polar surface area (TPSA) is 93.2 Å². The fourth-order valence-corrected chi connectivity index (χ4v) is 2.69. The van der Waals surface area contributed by atoms with Crippen LogP contribution in [0.25, 0.3) is 0 Å². The Morgan fingerprint density at radius 3 is 2.72 bits per heavy atom. The van der Waals surface area contributed by atoms with E-state index < -0.39 is 18.0 Å². The lowest BCUT2D eigenvalue weighted by atomic mass is 10.1. The first-order chi connectivity index (χ1) is 11.8. The van der Waals surface area contributed by atoms with E-state index in [1.54, 1.807) is 26.0 Å². The summed E-state index contributed by atoms with van der Waals surface area (Å²) in [6.07, 6.45) is 0.156. The number of anilines is 1. The highest BCUT2D eigenvalue weighted by molar-refractivity contribution is 7.15. The maximum Gasteiger partial charge on any atom is 0.328 e. The van der Waals surface area contributed by atoms with Gasteiger partial charge in [-0.25, -0.2) is 14.0 Å². The van der Waals surface area contributed by atoms with Crippen LogP contribution in [-0.4, -0.2) is 34.3 Å². The maximum absolute atomic E-state index is 13.2. The normalized spacial score (nSPS) is 11.9. The molecular formula is C16H19FN4O3S. The van der Waals surface area contributed by atoms with Crippen molar-refractivity contribution in [2.75, 3.05) is 5.32 Å². The molecule has 0 radical (unpaired) electrons. The van der Waals surface area contributed by atoms with Gasteiger partial charge >= 0.3 is 12.0 Å². The Morgan fingerprint density at radius 2 is 2.04 bits per heavy atom. The van der Waals surface area contributed by atoms with Crippen molar-refractivity contribution >= 4 is 28.5 Å². The minimum Gasteiger partial charge on any atom is -0.461 e. The number of nitrogens with one attached hydrogen (secondary N) is 2. The van der Waals surface area contributed by atoms with Gasteiger partial charge in [-0.1, -0.05) is 23.5 Å². The van der Waals surface area contributed by atoms with Crippen LogP contribution in [0.5, 0.6) is 0 Å². The van der Waals surface area contributed by atoms with Crippen LogP contribution in [0.1, 0.15) is 31.3 Å². The highest BCUT2D eigenvalue weighted by atomic mass is 32.1. The highest BCUT2D eigenvalue weighted by Crippen LogP contribution is 2.18. The van der Waals surface area contributed by atoms with Crippen LogP contribution in [0, 0.1) is 5.82 Å². The number of ether oxygens (including phenoxy) is 1. The third kappa shape index (κ3) is 6.11. The van der Waals surface area contributed by atoms with Crippen molar-refractivity contribution in [3.8, 4) is 0 Å². The van der Waals surface area contributed by atoms with Crippen LogP contribution in [0.15, 0.2) is 24.3 Å². The average Bonchev–Trinajstić information content (AvgIpc) is 2.93. The van der Waals surface area contributed by atoms with Gasteiger partial charge in [0.1, 0.15) is 16.9 Å². The molecule has 1 heterocycles. The lowest BCUT2D eigenvalue weighted by Crippen LogP contribution is -2.42. The first-order valence-electron chi connectivity index (χ1n) is 7.68. The number of hydrogen-bond acceptors (Lipinski definition) is 6. The second-order valence-electron chi connectivity index (χ2n) is 5.61. The second-order valence-corrected chi connectivity index (χ2v) is 6.68. The fourth-order valence-electron chi connectivity index (χ4n) is 1.92. The number of carbonyl (C=O) groups excluding carboxylic acids is 2. The largest absolute Gasteiger partial charge is 0.461 e. The number of aromatic nitrogens is 2. The number of nitrogens with zero attached hydrogens (tertiary/aromatic N) is 2. The molecule has 0 saturated heterocycles. The van der Waals surface area contributed by atoms with E-state index in [0.29, 0.717) is 11.4 Å². The van der Waals surface area contributed by atoms with Gasteiger partial charge in [-0.15, -0.1) is 10.2 Å². The summed E-state index contributed by atoms with van der Waals surface area (Å²) in [5, 5.41) is 13.7. The van der Waals surface area contributed by atoms with Gasteiger partial charge in [-0.3, -0.25) is 5.32 Å². The number of hydrogen-bond donors (Lipinski definition) is 2. The van der Waals surface area contributed by atoms with Gasteiger partial charge < -0.3 is 10.1 Å². The molecule has 7 nitrogen and oxygen atoms in total. The van der Waals surface area contributed by atoms with Gasteiger partial charge in [0.25, 0.3) is 0 Å². The Labute approximate surface area is 148 Å². The molecule has 134 valence electrons. The molecule has 1 aromatic heterocycles. The van der Waals surface area contributed by atoms with Gasteiger partial charge in [0.2, 0.25) is 5.13 Å². The molecule has 0 aliphatic carbocycles. The molecule has 0 aliphatic heterocycles. The van der Waals surface area contributed by atoms with E-state index in [1.807, 2.05) is 0 Å². The summed E-state index contributed by atoms with van der Waals surface area (Å²) in [7, 11) is 0. The first-order valence-corrected chi connectivity index (χ1v) is 8.50. The lowest BCUT2D eigenvalue weighted by Gasteiger charge is -2.15. The molecule has 0 fully saturated rings. The zero-order chi connectivity index (χ0) is 18.4. The molecule has 0 aliphatic rings. The quantitative estimate of drug-likeness (QED) is 0.767. The van der Waals surface area contributed by atoms with E-state index in [2.05, 4.69) is 20.8 Å². The van der Waals surface area contributed by atoms with Crippen LogP contribution in [0.3, 0.4) is 0 Å². The molecule has 0 bridgehead atoms. The van der Waals surface area contributed by atoms with Crippen LogP contribution in [0.4, 0.5) is 14.3 Å². The van der Waals surface area contributed by atoms with Crippen molar-refractivity contribution in [1.29, 1.82) is 0 Å². The SMILES string of the molecule is CC(C)OC(=O)[C@@H](C)NC(=O)Nc1nnc(Cc2cccc(F)c2)s1. The minimum absolute atomic E-state index is 0.256. The molecule has 2 rings (SSSR count). The number of amides is 2. The predicted octanol–water partition coefficient (Wildman–Crippen LogP) is 2.73. The van der Waals surface area contributed by atoms with Gasteiger partial charge in [0.15, 0.2) is 0 Å². The Hall–Kier alpha value is -2.55. The summed E-state index contributed by atoms with van der Waals surface area (Å²) < 4.78 is 18.2. The van der Waals surface area contributed by atoms with Crippen molar-refractivity contribution in [2.24, 2.45) is 0 Å². The lowest BCUT2D eigenvalue weighted by molar-refractivity contribution is -0.149. The van der Waals surface area contributed by atoms with Gasteiger partial charge in [-0.2, -0.15) is 0 Å². The molecule has 1 atom stereocenters. The Bertz CT molecular complexity index is 750.